The molecule has 0 saturated heterocycles. The van der Waals surface area contributed by atoms with E-state index in [0.717, 1.165) is 11.3 Å². The average Bonchev–Trinajstić information content (AvgIpc) is 3.15. The third kappa shape index (κ3) is 3.79. The predicted molar refractivity (Wildman–Crippen MR) is 89.6 cm³/mol. The maximum atomic E-state index is 12.0. The molecule has 0 saturated carbocycles. The molecule has 24 heavy (non-hydrogen) atoms. The fourth-order valence-electron chi connectivity index (χ4n) is 2.19. The van der Waals surface area contributed by atoms with Gasteiger partial charge in [-0.2, -0.15) is 5.10 Å². The third-order valence-corrected chi connectivity index (χ3v) is 3.77. The number of hydrogen-bond donors (Lipinski definition) is 2. The zero-order valence-electron chi connectivity index (χ0n) is 12.6. The van der Waals surface area contributed by atoms with Crippen LogP contribution in [0.2, 0.25) is 5.02 Å². The summed E-state index contributed by atoms with van der Waals surface area (Å²) in [7, 11) is 0. The minimum absolute atomic E-state index is 0.321. The van der Waals surface area contributed by atoms with E-state index in [4.69, 9.17) is 11.6 Å². The molecule has 0 spiro atoms. The topological polar surface area (TPSA) is 80.0 Å². The van der Waals surface area contributed by atoms with Gasteiger partial charge in [-0.05, 0) is 35.4 Å². The number of rotatable bonds is 5. The molecule has 7 heteroatoms. The molecule has 0 aliphatic heterocycles. The molecule has 0 fully saturated rings. The number of aliphatic hydroxyl groups is 1. The molecule has 3 aromatic rings. The molecule has 0 aliphatic rings. The Labute approximate surface area is 143 Å². The third-order valence-electron chi connectivity index (χ3n) is 3.52. The number of carbonyl (C=O) groups excluding carboxylic acids is 1. The lowest BCUT2D eigenvalue weighted by Gasteiger charge is -2.12. The van der Waals surface area contributed by atoms with Crippen molar-refractivity contribution in [3.8, 4) is 5.69 Å². The van der Waals surface area contributed by atoms with Crippen molar-refractivity contribution < 1.29 is 9.90 Å². The molecule has 1 unspecified atom stereocenters. The lowest BCUT2D eigenvalue weighted by Crippen LogP contribution is -2.28. The van der Waals surface area contributed by atoms with E-state index in [2.05, 4.69) is 15.4 Å². The van der Waals surface area contributed by atoms with Crippen LogP contribution in [0.15, 0.2) is 61.2 Å². The largest absolute Gasteiger partial charge is 0.378 e. The minimum atomic E-state index is -1.23. The van der Waals surface area contributed by atoms with Crippen LogP contribution in [0.5, 0.6) is 0 Å². The second kappa shape index (κ2) is 7.25. The van der Waals surface area contributed by atoms with Crippen LogP contribution in [0.25, 0.3) is 5.69 Å². The number of benzene rings is 2. The Morgan fingerprint density at radius 3 is 2.50 bits per heavy atom. The van der Waals surface area contributed by atoms with Gasteiger partial charge in [0.15, 0.2) is 6.10 Å². The molecule has 122 valence electrons. The highest BCUT2D eigenvalue weighted by atomic mass is 35.5. The Morgan fingerprint density at radius 1 is 1.17 bits per heavy atom. The minimum Gasteiger partial charge on any atom is -0.378 e. The summed E-state index contributed by atoms with van der Waals surface area (Å²) in [6, 6.07) is 14.0. The number of aromatic nitrogens is 3. The fourth-order valence-corrected chi connectivity index (χ4v) is 2.32. The van der Waals surface area contributed by atoms with Gasteiger partial charge in [-0.3, -0.25) is 4.79 Å². The monoisotopic (exact) mass is 342 g/mol. The van der Waals surface area contributed by atoms with E-state index < -0.39 is 12.0 Å². The van der Waals surface area contributed by atoms with Crippen molar-refractivity contribution in [1.29, 1.82) is 0 Å². The highest BCUT2D eigenvalue weighted by Gasteiger charge is 2.16. The number of hydrogen-bond acceptors (Lipinski definition) is 4. The van der Waals surface area contributed by atoms with Crippen LogP contribution in [0.3, 0.4) is 0 Å². The summed E-state index contributed by atoms with van der Waals surface area (Å²) in [6.45, 7) is 0.321. The molecular weight excluding hydrogens is 328 g/mol. The van der Waals surface area contributed by atoms with Crippen LogP contribution in [0.4, 0.5) is 0 Å². The fraction of sp³-hybridized carbons (Fsp3) is 0.118. The van der Waals surface area contributed by atoms with Crippen LogP contribution in [-0.2, 0) is 11.3 Å². The van der Waals surface area contributed by atoms with Crippen LogP contribution < -0.4 is 5.32 Å². The van der Waals surface area contributed by atoms with Gasteiger partial charge in [-0.15, -0.1) is 0 Å². The number of nitrogens with one attached hydrogen (secondary N) is 1. The Balaban J connectivity index is 1.58. The quantitative estimate of drug-likeness (QED) is 0.745. The van der Waals surface area contributed by atoms with E-state index in [9.17, 15) is 9.90 Å². The second-order valence-corrected chi connectivity index (χ2v) is 5.61. The SMILES string of the molecule is O=C(NCc1ccc(-n2cncn2)cc1)C(O)c1ccc(Cl)cc1. The molecule has 2 N–H and O–H groups in total. The van der Waals surface area contributed by atoms with Gasteiger partial charge in [0, 0.05) is 11.6 Å². The second-order valence-electron chi connectivity index (χ2n) is 5.18. The van der Waals surface area contributed by atoms with E-state index in [1.54, 1.807) is 35.3 Å². The van der Waals surface area contributed by atoms with Crippen LogP contribution >= 0.6 is 11.6 Å². The smallest absolute Gasteiger partial charge is 0.253 e. The number of carbonyl (C=O) groups is 1. The lowest BCUT2D eigenvalue weighted by molar-refractivity contribution is -0.129. The highest BCUT2D eigenvalue weighted by Crippen LogP contribution is 2.16. The van der Waals surface area contributed by atoms with Gasteiger partial charge in [-0.25, -0.2) is 9.67 Å². The van der Waals surface area contributed by atoms with Gasteiger partial charge in [-0.1, -0.05) is 35.9 Å². The van der Waals surface area contributed by atoms with Gasteiger partial charge < -0.3 is 10.4 Å². The first-order valence-corrected chi connectivity index (χ1v) is 7.66. The zero-order chi connectivity index (χ0) is 16.9. The van der Waals surface area contributed by atoms with Gasteiger partial charge in [0.25, 0.3) is 5.91 Å². The first-order valence-electron chi connectivity index (χ1n) is 7.28. The first kappa shape index (κ1) is 16.2. The normalized spacial score (nSPS) is 11.9. The van der Waals surface area contributed by atoms with Crippen molar-refractivity contribution in [3.05, 3.63) is 77.3 Å². The van der Waals surface area contributed by atoms with E-state index in [1.807, 2.05) is 24.3 Å². The molecule has 3 rings (SSSR count). The number of aliphatic hydroxyl groups excluding tert-OH is 1. The Kier molecular flexibility index (Phi) is 4.88. The highest BCUT2D eigenvalue weighted by molar-refractivity contribution is 6.30. The maximum Gasteiger partial charge on any atom is 0.253 e. The van der Waals surface area contributed by atoms with Gasteiger partial charge in [0.2, 0.25) is 0 Å². The molecule has 1 heterocycles. The Morgan fingerprint density at radius 2 is 1.88 bits per heavy atom. The molecule has 0 aliphatic carbocycles. The van der Waals surface area contributed by atoms with Crippen molar-refractivity contribution in [2.24, 2.45) is 0 Å². The molecule has 2 aromatic carbocycles. The molecule has 6 nitrogen and oxygen atoms in total. The molecule has 1 amide bonds. The van der Waals surface area contributed by atoms with Crippen molar-refractivity contribution in [2.45, 2.75) is 12.6 Å². The summed E-state index contributed by atoms with van der Waals surface area (Å²) in [6.07, 6.45) is 1.85. The molecular formula is C17H15ClN4O2. The molecule has 0 radical (unpaired) electrons. The first-order chi connectivity index (χ1) is 11.6. The Bertz CT molecular complexity index is 802. The molecule has 1 aromatic heterocycles. The van der Waals surface area contributed by atoms with Crippen LogP contribution in [0, 0.1) is 0 Å². The van der Waals surface area contributed by atoms with Crippen LogP contribution in [-0.4, -0.2) is 25.8 Å². The maximum absolute atomic E-state index is 12.0. The Hall–Kier alpha value is -2.70. The predicted octanol–water partition coefficient (Wildman–Crippen LogP) is 2.27. The number of amides is 1. The van der Waals surface area contributed by atoms with Crippen molar-refractivity contribution >= 4 is 17.5 Å². The molecule has 1 atom stereocenters. The van der Waals surface area contributed by atoms with Crippen molar-refractivity contribution in [1.82, 2.24) is 20.1 Å². The molecule has 0 bridgehead atoms. The van der Waals surface area contributed by atoms with Gasteiger partial charge >= 0.3 is 0 Å². The average molecular weight is 343 g/mol. The number of halogens is 1. The summed E-state index contributed by atoms with van der Waals surface area (Å²) in [5.74, 6) is -0.460. The summed E-state index contributed by atoms with van der Waals surface area (Å²) in [5.41, 5.74) is 2.29. The standard InChI is InChI=1S/C17H15ClN4O2/c18-14-5-3-13(4-6-14)16(23)17(24)20-9-12-1-7-15(8-2-12)22-11-19-10-21-22/h1-8,10-11,16,23H,9H2,(H,20,24). The number of nitrogens with zero attached hydrogens (tertiary/aromatic N) is 3. The van der Waals surface area contributed by atoms with E-state index in [-0.39, 0.29) is 0 Å². The summed E-state index contributed by atoms with van der Waals surface area (Å²) in [4.78, 5) is 15.9. The van der Waals surface area contributed by atoms with E-state index >= 15 is 0 Å². The van der Waals surface area contributed by atoms with E-state index in [1.165, 1.54) is 6.33 Å². The zero-order valence-corrected chi connectivity index (χ0v) is 13.4. The summed E-state index contributed by atoms with van der Waals surface area (Å²) < 4.78 is 1.65. The summed E-state index contributed by atoms with van der Waals surface area (Å²) >= 11 is 5.79. The van der Waals surface area contributed by atoms with Crippen LogP contribution in [0.1, 0.15) is 17.2 Å². The summed E-state index contributed by atoms with van der Waals surface area (Å²) in [5, 5.41) is 17.4. The van der Waals surface area contributed by atoms with Crippen molar-refractivity contribution in [2.75, 3.05) is 0 Å². The van der Waals surface area contributed by atoms with Gasteiger partial charge in [0.1, 0.15) is 12.7 Å². The van der Waals surface area contributed by atoms with E-state index in [0.29, 0.717) is 17.1 Å². The van der Waals surface area contributed by atoms with Crippen molar-refractivity contribution in [3.63, 3.8) is 0 Å². The van der Waals surface area contributed by atoms with Gasteiger partial charge in [0.05, 0.1) is 5.69 Å². The lowest BCUT2D eigenvalue weighted by atomic mass is 10.1.